The Bertz CT molecular complexity index is 265. The van der Waals surface area contributed by atoms with Crippen molar-refractivity contribution in [2.24, 2.45) is 0 Å². The van der Waals surface area contributed by atoms with E-state index in [4.69, 9.17) is 0 Å². The Labute approximate surface area is 143 Å². The molecule has 0 radical (unpaired) electrons. The lowest BCUT2D eigenvalue weighted by molar-refractivity contribution is -0.121. The van der Waals surface area contributed by atoms with E-state index in [1.807, 2.05) is 0 Å². The third-order valence-corrected chi connectivity index (χ3v) is 4.01. The maximum Gasteiger partial charge on any atom is 0.219 e. The molecule has 0 aromatic heterocycles. The van der Waals surface area contributed by atoms with Crippen molar-refractivity contribution in [2.75, 3.05) is 13.1 Å². The number of unbranched alkanes of at least 4 members (excludes halogenated alkanes) is 8. The molecule has 0 aromatic carbocycles. The summed E-state index contributed by atoms with van der Waals surface area (Å²) in [5.41, 5.74) is 0. The molecule has 0 rings (SSSR count). The molecule has 0 atom stereocenters. The van der Waals surface area contributed by atoms with Crippen LogP contribution in [0.4, 0.5) is 0 Å². The molecule has 0 saturated heterocycles. The minimum absolute atomic E-state index is 0.155. The highest BCUT2D eigenvalue weighted by molar-refractivity contribution is 5.76. The second-order valence-electron chi connectivity index (χ2n) is 6.38. The Morgan fingerprint density at radius 2 is 0.957 bits per heavy atom. The smallest absolute Gasteiger partial charge is 0.219 e. The number of carbonyl (C=O) groups is 2. The van der Waals surface area contributed by atoms with E-state index in [9.17, 15) is 9.59 Å². The van der Waals surface area contributed by atoms with Crippen LogP contribution >= 0.6 is 0 Å². The lowest BCUT2D eigenvalue weighted by Crippen LogP contribution is -2.24. The summed E-state index contributed by atoms with van der Waals surface area (Å²) in [6.45, 7) is 5.98. The van der Waals surface area contributed by atoms with Gasteiger partial charge in [0.05, 0.1) is 0 Å². The van der Waals surface area contributed by atoms with Crippen molar-refractivity contribution in [1.82, 2.24) is 10.6 Å². The highest BCUT2D eigenvalue weighted by Gasteiger charge is 2.03. The van der Waals surface area contributed by atoms with Gasteiger partial charge in [-0.25, -0.2) is 0 Å². The van der Waals surface area contributed by atoms with E-state index < -0.39 is 0 Å². The van der Waals surface area contributed by atoms with Crippen molar-refractivity contribution in [3.05, 3.63) is 0 Å². The third kappa shape index (κ3) is 17.1. The van der Waals surface area contributed by atoms with Crippen molar-refractivity contribution < 1.29 is 9.59 Å². The lowest BCUT2D eigenvalue weighted by atomic mass is 10.1. The molecule has 2 N–H and O–H groups in total. The SMILES string of the molecule is CCCCCCNC(=O)CCCCCC(=O)NCCCCCC. The summed E-state index contributed by atoms with van der Waals surface area (Å²) in [4.78, 5) is 23.2. The number of amides is 2. The first-order valence-corrected chi connectivity index (χ1v) is 9.74. The summed E-state index contributed by atoms with van der Waals surface area (Å²) in [6.07, 6.45) is 13.4. The molecule has 4 nitrogen and oxygen atoms in total. The summed E-state index contributed by atoms with van der Waals surface area (Å²) < 4.78 is 0. The molecule has 0 spiro atoms. The molecular weight excluding hydrogens is 288 g/mol. The maximum atomic E-state index is 11.6. The Morgan fingerprint density at radius 1 is 0.565 bits per heavy atom. The quantitative estimate of drug-likeness (QED) is 0.415. The molecule has 4 heteroatoms. The lowest BCUT2D eigenvalue weighted by Gasteiger charge is -2.06. The van der Waals surface area contributed by atoms with Crippen molar-refractivity contribution in [1.29, 1.82) is 0 Å². The summed E-state index contributed by atoms with van der Waals surface area (Å²) in [5.74, 6) is 0.309. The van der Waals surface area contributed by atoms with E-state index in [-0.39, 0.29) is 11.8 Å². The van der Waals surface area contributed by atoms with Crippen LogP contribution < -0.4 is 10.6 Å². The van der Waals surface area contributed by atoms with Gasteiger partial charge >= 0.3 is 0 Å². The monoisotopic (exact) mass is 326 g/mol. The van der Waals surface area contributed by atoms with Gasteiger partial charge in [0.25, 0.3) is 0 Å². The van der Waals surface area contributed by atoms with Crippen LogP contribution in [0.1, 0.15) is 97.3 Å². The number of hydrogen-bond donors (Lipinski definition) is 2. The molecular formula is C19H38N2O2. The number of carbonyl (C=O) groups excluding carboxylic acids is 2. The van der Waals surface area contributed by atoms with Crippen molar-refractivity contribution >= 4 is 11.8 Å². The molecule has 0 bridgehead atoms. The van der Waals surface area contributed by atoms with Crippen LogP contribution in [-0.2, 0) is 9.59 Å². The Balaban J connectivity index is 3.30. The van der Waals surface area contributed by atoms with Gasteiger partial charge in [-0.05, 0) is 25.7 Å². The fourth-order valence-corrected chi connectivity index (χ4v) is 2.48. The van der Waals surface area contributed by atoms with Gasteiger partial charge in [0.15, 0.2) is 0 Å². The second kappa shape index (κ2) is 17.3. The van der Waals surface area contributed by atoms with Gasteiger partial charge in [0.2, 0.25) is 11.8 Å². The Hall–Kier alpha value is -1.06. The molecule has 0 aliphatic heterocycles. The second-order valence-corrected chi connectivity index (χ2v) is 6.38. The summed E-state index contributed by atoms with van der Waals surface area (Å²) >= 11 is 0. The zero-order valence-corrected chi connectivity index (χ0v) is 15.4. The third-order valence-electron chi connectivity index (χ3n) is 4.01. The van der Waals surface area contributed by atoms with E-state index in [1.165, 1.54) is 38.5 Å². The summed E-state index contributed by atoms with van der Waals surface area (Å²) in [5, 5.41) is 5.94. The topological polar surface area (TPSA) is 58.2 Å². The Morgan fingerprint density at radius 3 is 1.35 bits per heavy atom. The number of nitrogens with one attached hydrogen (secondary N) is 2. The van der Waals surface area contributed by atoms with Gasteiger partial charge in [0.1, 0.15) is 0 Å². The minimum atomic E-state index is 0.155. The first kappa shape index (κ1) is 21.9. The Kier molecular flexibility index (Phi) is 16.5. The van der Waals surface area contributed by atoms with E-state index >= 15 is 0 Å². The maximum absolute atomic E-state index is 11.6. The van der Waals surface area contributed by atoms with E-state index in [1.54, 1.807) is 0 Å². The molecule has 0 aliphatic carbocycles. The normalized spacial score (nSPS) is 10.5. The van der Waals surface area contributed by atoms with Crippen LogP contribution in [0.25, 0.3) is 0 Å². The van der Waals surface area contributed by atoms with E-state index in [0.717, 1.165) is 45.2 Å². The van der Waals surface area contributed by atoms with Gasteiger partial charge < -0.3 is 10.6 Å². The highest BCUT2D eigenvalue weighted by Crippen LogP contribution is 2.04. The average molecular weight is 327 g/mol. The predicted octanol–water partition coefficient (Wildman–Crippen LogP) is 4.33. The molecule has 0 aromatic rings. The van der Waals surface area contributed by atoms with Crippen LogP contribution in [0, 0.1) is 0 Å². The zero-order chi connectivity index (χ0) is 17.2. The summed E-state index contributed by atoms with van der Waals surface area (Å²) in [7, 11) is 0. The van der Waals surface area contributed by atoms with Gasteiger partial charge in [-0.3, -0.25) is 9.59 Å². The standard InChI is InChI=1S/C19H38N2O2/c1-3-5-7-12-16-20-18(22)14-10-9-11-15-19(23)21-17-13-8-6-4-2/h3-17H2,1-2H3,(H,20,22)(H,21,23). The highest BCUT2D eigenvalue weighted by atomic mass is 16.2. The first-order chi connectivity index (χ1) is 11.2. The fraction of sp³-hybridized carbons (Fsp3) is 0.895. The molecule has 2 amide bonds. The van der Waals surface area contributed by atoms with E-state index in [2.05, 4.69) is 24.5 Å². The van der Waals surface area contributed by atoms with Gasteiger partial charge in [-0.15, -0.1) is 0 Å². The number of hydrogen-bond acceptors (Lipinski definition) is 2. The molecule has 0 saturated carbocycles. The summed E-state index contributed by atoms with van der Waals surface area (Å²) in [6, 6.07) is 0. The minimum Gasteiger partial charge on any atom is -0.356 e. The van der Waals surface area contributed by atoms with Crippen LogP contribution in [-0.4, -0.2) is 24.9 Å². The largest absolute Gasteiger partial charge is 0.356 e. The van der Waals surface area contributed by atoms with E-state index in [0.29, 0.717) is 12.8 Å². The van der Waals surface area contributed by atoms with Gasteiger partial charge in [-0.1, -0.05) is 58.8 Å². The van der Waals surface area contributed by atoms with Crippen LogP contribution in [0.15, 0.2) is 0 Å². The average Bonchev–Trinajstić information content (AvgIpc) is 2.54. The van der Waals surface area contributed by atoms with Crippen molar-refractivity contribution in [2.45, 2.75) is 97.3 Å². The number of rotatable bonds is 16. The van der Waals surface area contributed by atoms with Gasteiger partial charge in [-0.2, -0.15) is 0 Å². The molecule has 0 fully saturated rings. The van der Waals surface area contributed by atoms with Crippen molar-refractivity contribution in [3.63, 3.8) is 0 Å². The predicted molar refractivity (Wildman–Crippen MR) is 97.4 cm³/mol. The molecule has 136 valence electrons. The molecule has 23 heavy (non-hydrogen) atoms. The first-order valence-electron chi connectivity index (χ1n) is 9.74. The van der Waals surface area contributed by atoms with Crippen LogP contribution in [0.3, 0.4) is 0 Å². The fourth-order valence-electron chi connectivity index (χ4n) is 2.48. The van der Waals surface area contributed by atoms with Crippen molar-refractivity contribution in [3.8, 4) is 0 Å². The molecule has 0 heterocycles. The zero-order valence-electron chi connectivity index (χ0n) is 15.4. The van der Waals surface area contributed by atoms with Crippen LogP contribution in [0.5, 0.6) is 0 Å². The molecule has 0 aliphatic rings. The van der Waals surface area contributed by atoms with Gasteiger partial charge in [0, 0.05) is 25.9 Å². The van der Waals surface area contributed by atoms with Crippen LogP contribution in [0.2, 0.25) is 0 Å². The molecule has 0 unspecified atom stereocenters.